The summed E-state index contributed by atoms with van der Waals surface area (Å²) in [5.41, 5.74) is 6.53. The molecule has 5 heteroatoms. The van der Waals surface area contributed by atoms with Gasteiger partial charge in [0.1, 0.15) is 0 Å². The second-order valence-corrected chi connectivity index (χ2v) is 4.87. The SMILES string of the molecule is NC(=O)NCc1ccc(C(=O)NC2CC=CCC2)cc1. The van der Waals surface area contributed by atoms with Crippen LogP contribution in [0, 0.1) is 0 Å². The number of urea groups is 1. The Morgan fingerprint density at radius 3 is 2.55 bits per heavy atom. The minimum absolute atomic E-state index is 0.0558. The Labute approximate surface area is 118 Å². The van der Waals surface area contributed by atoms with Crippen LogP contribution in [0.15, 0.2) is 36.4 Å². The highest BCUT2D eigenvalue weighted by atomic mass is 16.2. The first kappa shape index (κ1) is 14.1. The van der Waals surface area contributed by atoms with E-state index in [9.17, 15) is 9.59 Å². The fourth-order valence-electron chi connectivity index (χ4n) is 2.16. The fraction of sp³-hybridized carbons (Fsp3) is 0.333. The third-order valence-electron chi connectivity index (χ3n) is 3.29. The standard InChI is InChI=1S/C15H19N3O2/c16-15(20)17-10-11-6-8-12(9-7-11)14(19)18-13-4-2-1-3-5-13/h1-2,6-9,13H,3-5,10H2,(H,18,19)(H3,16,17,20). The number of carbonyl (C=O) groups excluding carboxylic acids is 2. The van der Waals surface area contributed by atoms with Gasteiger partial charge in [0.2, 0.25) is 0 Å². The van der Waals surface area contributed by atoms with Gasteiger partial charge < -0.3 is 16.4 Å². The summed E-state index contributed by atoms with van der Waals surface area (Å²) >= 11 is 0. The number of nitrogens with two attached hydrogens (primary N) is 1. The molecule has 106 valence electrons. The number of primary amides is 1. The smallest absolute Gasteiger partial charge is 0.312 e. The lowest BCUT2D eigenvalue weighted by Crippen LogP contribution is -2.35. The van der Waals surface area contributed by atoms with Gasteiger partial charge in [-0.1, -0.05) is 24.3 Å². The van der Waals surface area contributed by atoms with Crippen LogP contribution in [0.3, 0.4) is 0 Å². The minimum Gasteiger partial charge on any atom is -0.352 e. The van der Waals surface area contributed by atoms with Gasteiger partial charge in [-0.2, -0.15) is 0 Å². The molecule has 0 bridgehead atoms. The Hall–Kier alpha value is -2.30. The Bertz CT molecular complexity index is 508. The molecule has 1 aromatic carbocycles. The van der Waals surface area contributed by atoms with Gasteiger partial charge in [0.05, 0.1) is 0 Å². The van der Waals surface area contributed by atoms with Crippen molar-refractivity contribution in [3.8, 4) is 0 Å². The van der Waals surface area contributed by atoms with E-state index < -0.39 is 6.03 Å². The average molecular weight is 273 g/mol. The van der Waals surface area contributed by atoms with Crippen molar-refractivity contribution in [2.75, 3.05) is 0 Å². The molecule has 0 fully saturated rings. The van der Waals surface area contributed by atoms with Crippen LogP contribution in [0.2, 0.25) is 0 Å². The highest BCUT2D eigenvalue weighted by Gasteiger charge is 2.13. The molecule has 1 unspecified atom stereocenters. The molecule has 1 aliphatic carbocycles. The molecule has 5 nitrogen and oxygen atoms in total. The first-order valence-corrected chi connectivity index (χ1v) is 6.73. The molecule has 0 heterocycles. The summed E-state index contributed by atoms with van der Waals surface area (Å²) in [6.07, 6.45) is 7.15. The number of benzene rings is 1. The maximum absolute atomic E-state index is 12.1. The Morgan fingerprint density at radius 2 is 1.95 bits per heavy atom. The van der Waals surface area contributed by atoms with E-state index in [1.54, 1.807) is 12.1 Å². The van der Waals surface area contributed by atoms with Crippen molar-refractivity contribution >= 4 is 11.9 Å². The van der Waals surface area contributed by atoms with Crippen molar-refractivity contribution in [1.82, 2.24) is 10.6 Å². The topological polar surface area (TPSA) is 84.2 Å². The van der Waals surface area contributed by atoms with E-state index in [1.165, 1.54) is 0 Å². The summed E-state index contributed by atoms with van der Waals surface area (Å²) in [5, 5.41) is 5.53. The zero-order valence-electron chi connectivity index (χ0n) is 11.3. The van der Waals surface area contributed by atoms with Gasteiger partial charge in [-0.05, 0) is 37.0 Å². The molecule has 0 saturated carbocycles. The number of amides is 3. The Morgan fingerprint density at radius 1 is 1.20 bits per heavy atom. The number of nitrogens with one attached hydrogen (secondary N) is 2. The maximum atomic E-state index is 12.1. The first-order valence-electron chi connectivity index (χ1n) is 6.73. The Kier molecular flexibility index (Phi) is 4.76. The van der Waals surface area contributed by atoms with Crippen LogP contribution in [0.4, 0.5) is 4.79 Å². The molecule has 4 N–H and O–H groups in total. The molecule has 1 aromatic rings. The highest BCUT2D eigenvalue weighted by Crippen LogP contribution is 2.12. The van der Waals surface area contributed by atoms with Crippen LogP contribution in [0.1, 0.15) is 35.2 Å². The molecule has 0 radical (unpaired) electrons. The number of hydrogen-bond acceptors (Lipinski definition) is 2. The van der Waals surface area contributed by atoms with Gasteiger partial charge in [-0.25, -0.2) is 4.79 Å². The first-order chi connectivity index (χ1) is 9.65. The van der Waals surface area contributed by atoms with E-state index in [2.05, 4.69) is 22.8 Å². The zero-order valence-corrected chi connectivity index (χ0v) is 11.3. The van der Waals surface area contributed by atoms with Crippen molar-refractivity contribution in [2.24, 2.45) is 5.73 Å². The quantitative estimate of drug-likeness (QED) is 0.729. The van der Waals surface area contributed by atoms with Crippen LogP contribution in [-0.2, 0) is 6.54 Å². The predicted octanol–water partition coefficient (Wildman–Crippen LogP) is 1.69. The largest absolute Gasteiger partial charge is 0.352 e. The molecule has 0 aromatic heterocycles. The lowest BCUT2D eigenvalue weighted by atomic mass is 10.0. The fourth-order valence-corrected chi connectivity index (χ4v) is 2.16. The van der Waals surface area contributed by atoms with Crippen molar-refractivity contribution in [1.29, 1.82) is 0 Å². The predicted molar refractivity (Wildman–Crippen MR) is 77.1 cm³/mol. The summed E-state index contributed by atoms with van der Waals surface area (Å²) in [6, 6.07) is 6.80. The van der Waals surface area contributed by atoms with E-state index in [0.717, 1.165) is 24.8 Å². The van der Waals surface area contributed by atoms with Gasteiger partial charge in [-0.15, -0.1) is 0 Å². The molecule has 20 heavy (non-hydrogen) atoms. The van der Waals surface area contributed by atoms with E-state index in [1.807, 2.05) is 12.1 Å². The van der Waals surface area contributed by atoms with Crippen molar-refractivity contribution in [2.45, 2.75) is 31.8 Å². The van der Waals surface area contributed by atoms with Crippen LogP contribution < -0.4 is 16.4 Å². The van der Waals surface area contributed by atoms with Crippen molar-refractivity contribution in [3.05, 3.63) is 47.5 Å². The third-order valence-corrected chi connectivity index (χ3v) is 3.29. The molecule has 0 aliphatic heterocycles. The summed E-state index contributed by atoms with van der Waals surface area (Å²) in [6.45, 7) is 0.366. The van der Waals surface area contributed by atoms with E-state index in [4.69, 9.17) is 5.73 Å². The van der Waals surface area contributed by atoms with E-state index in [-0.39, 0.29) is 11.9 Å². The maximum Gasteiger partial charge on any atom is 0.312 e. The summed E-state index contributed by atoms with van der Waals surface area (Å²) in [5.74, 6) is -0.0558. The molecule has 2 rings (SSSR count). The normalized spacial score (nSPS) is 17.5. The van der Waals surface area contributed by atoms with Gasteiger partial charge in [0.15, 0.2) is 0 Å². The number of hydrogen-bond donors (Lipinski definition) is 3. The second-order valence-electron chi connectivity index (χ2n) is 4.87. The monoisotopic (exact) mass is 273 g/mol. The lowest BCUT2D eigenvalue weighted by Gasteiger charge is -2.19. The molecular formula is C15H19N3O2. The number of rotatable bonds is 4. The zero-order chi connectivity index (χ0) is 14.4. The number of allylic oxidation sites excluding steroid dienone is 1. The van der Waals surface area contributed by atoms with Crippen molar-refractivity contribution < 1.29 is 9.59 Å². The summed E-state index contributed by atoms with van der Waals surface area (Å²) < 4.78 is 0. The van der Waals surface area contributed by atoms with E-state index in [0.29, 0.717) is 12.1 Å². The molecule has 0 saturated heterocycles. The van der Waals surface area contributed by atoms with Gasteiger partial charge in [-0.3, -0.25) is 4.79 Å². The van der Waals surface area contributed by atoms with Crippen LogP contribution >= 0.6 is 0 Å². The van der Waals surface area contributed by atoms with Gasteiger partial charge in [0.25, 0.3) is 5.91 Å². The molecule has 1 atom stereocenters. The third kappa shape index (κ3) is 4.12. The van der Waals surface area contributed by atoms with Gasteiger partial charge in [0, 0.05) is 18.2 Å². The van der Waals surface area contributed by atoms with Gasteiger partial charge >= 0.3 is 6.03 Å². The van der Waals surface area contributed by atoms with E-state index >= 15 is 0 Å². The number of carbonyl (C=O) groups is 2. The molecular weight excluding hydrogens is 254 g/mol. The average Bonchev–Trinajstić information content (AvgIpc) is 2.46. The van der Waals surface area contributed by atoms with Crippen LogP contribution in [0.5, 0.6) is 0 Å². The molecule has 0 spiro atoms. The highest BCUT2D eigenvalue weighted by molar-refractivity contribution is 5.94. The summed E-state index contributed by atoms with van der Waals surface area (Å²) in [7, 11) is 0. The minimum atomic E-state index is -0.558. The molecule has 1 aliphatic rings. The van der Waals surface area contributed by atoms with Crippen LogP contribution in [-0.4, -0.2) is 18.0 Å². The second kappa shape index (κ2) is 6.75. The molecule has 3 amide bonds. The summed E-state index contributed by atoms with van der Waals surface area (Å²) in [4.78, 5) is 22.7. The Balaban J connectivity index is 1.89. The van der Waals surface area contributed by atoms with Crippen molar-refractivity contribution in [3.63, 3.8) is 0 Å². The van der Waals surface area contributed by atoms with Crippen LogP contribution in [0.25, 0.3) is 0 Å². The lowest BCUT2D eigenvalue weighted by molar-refractivity contribution is 0.0934.